The number of carboxylic acids is 1. The highest BCUT2D eigenvalue weighted by molar-refractivity contribution is 5.85. The van der Waals surface area contributed by atoms with Gasteiger partial charge < -0.3 is 16.6 Å². The maximum absolute atomic E-state index is 10.3. The van der Waals surface area contributed by atoms with E-state index in [4.69, 9.17) is 16.6 Å². The Balaban J connectivity index is 2.80. The normalized spacial score (nSPS) is 12.9. The number of carboxylic acid groups (broad SMARTS) is 1. The Hall–Kier alpha value is -2.24. The first-order valence-electron chi connectivity index (χ1n) is 3.76. The van der Waals surface area contributed by atoms with Gasteiger partial charge in [-0.25, -0.2) is 9.78 Å². The molecular weight excluding hydrogens is 184 g/mol. The molecule has 0 amide bonds. The van der Waals surface area contributed by atoms with Gasteiger partial charge in [-0.05, 0) is 12.2 Å². The summed E-state index contributed by atoms with van der Waals surface area (Å²) in [7, 11) is 0. The zero-order valence-electron chi connectivity index (χ0n) is 7.29. The van der Waals surface area contributed by atoms with E-state index in [-0.39, 0.29) is 5.70 Å². The third-order valence-electron chi connectivity index (χ3n) is 1.48. The van der Waals surface area contributed by atoms with Crippen molar-refractivity contribution in [1.29, 1.82) is 0 Å². The lowest BCUT2D eigenvalue weighted by Gasteiger charge is -1.98. The Morgan fingerprint density at radius 3 is 2.64 bits per heavy atom. The molecule has 6 nitrogen and oxygen atoms in total. The number of nitrogens with two attached hydrogens (primary N) is 2. The van der Waals surface area contributed by atoms with Crippen molar-refractivity contribution in [3.8, 4) is 0 Å². The Labute approximate surface area is 80.2 Å². The predicted molar refractivity (Wildman–Crippen MR) is 50.6 cm³/mol. The van der Waals surface area contributed by atoms with Crippen molar-refractivity contribution in [2.45, 2.75) is 0 Å². The summed E-state index contributed by atoms with van der Waals surface area (Å²) >= 11 is 0. The van der Waals surface area contributed by atoms with Crippen molar-refractivity contribution < 1.29 is 9.90 Å². The Bertz CT molecular complexity index is 378. The summed E-state index contributed by atoms with van der Waals surface area (Å²) in [4.78, 5) is 14.1. The number of allylic oxidation sites excluding steroid dienone is 2. The molecule has 1 aromatic rings. The number of hydrogen-bond donors (Lipinski definition) is 3. The minimum absolute atomic E-state index is 0.270. The van der Waals surface area contributed by atoms with E-state index in [1.807, 2.05) is 0 Å². The molecule has 0 aliphatic carbocycles. The van der Waals surface area contributed by atoms with E-state index in [1.54, 1.807) is 12.4 Å². The third kappa shape index (κ3) is 2.37. The van der Waals surface area contributed by atoms with Crippen molar-refractivity contribution in [3.05, 3.63) is 36.6 Å². The molecule has 0 atom stereocenters. The van der Waals surface area contributed by atoms with Crippen LogP contribution in [-0.2, 0) is 4.79 Å². The van der Waals surface area contributed by atoms with Crippen LogP contribution in [0.25, 0.3) is 5.82 Å². The molecule has 0 aliphatic heterocycles. The van der Waals surface area contributed by atoms with Gasteiger partial charge in [-0.1, -0.05) is 0 Å². The van der Waals surface area contributed by atoms with E-state index in [2.05, 4.69) is 4.98 Å². The standard InChI is InChI=1S/C8H10N4O2/c9-6(8(13)14)1-2-7(10)12-4-3-11-5-12/h1-5H,9-10H2,(H,13,14)/b6-1-,7-2+. The molecule has 0 fully saturated rings. The number of carbonyl (C=O) groups is 1. The molecule has 1 heterocycles. The van der Waals surface area contributed by atoms with E-state index in [0.717, 1.165) is 0 Å². The molecule has 0 radical (unpaired) electrons. The Morgan fingerprint density at radius 1 is 1.43 bits per heavy atom. The molecule has 0 bridgehead atoms. The number of nitrogens with zero attached hydrogens (tertiary/aromatic N) is 2. The van der Waals surface area contributed by atoms with Gasteiger partial charge in [-0.15, -0.1) is 0 Å². The monoisotopic (exact) mass is 194 g/mol. The maximum atomic E-state index is 10.3. The minimum Gasteiger partial charge on any atom is -0.477 e. The molecule has 0 aliphatic rings. The molecule has 0 saturated carbocycles. The number of aromatic nitrogens is 2. The molecule has 0 saturated heterocycles. The summed E-state index contributed by atoms with van der Waals surface area (Å²) in [6.07, 6.45) is 7.31. The molecule has 14 heavy (non-hydrogen) atoms. The van der Waals surface area contributed by atoms with Crippen LogP contribution in [0.1, 0.15) is 0 Å². The van der Waals surface area contributed by atoms with Crippen molar-refractivity contribution in [2.75, 3.05) is 0 Å². The van der Waals surface area contributed by atoms with Gasteiger partial charge in [-0.3, -0.25) is 4.57 Å². The Morgan fingerprint density at radius 2 is 2.14 bits per heavy atom. The van der Waals surface area contributed by atoms with Crippen molar-refractivity contribution >= 4 is 11.8 Å². The average Bonchev–Trinajstić information content (AvgIpc) is 2.66. The van der Waals surface area contributed by atoms with E-state index in [0.29, 0.717) is 5.82 Å². The second kappa shape index (κ2) is 4.13. The first-order valence-corrected chi connectivity index (χ1v) is 3.76. The number of imidazole rings is 1. The zero-order chi connectivity index (χ0) is 10.6. The van der Waals surface area contributed by atoms with Crippen LogP contribution in [0.4, 0.5) is 0 Å². The van der Waals surface area contributed by atoms with E-state index in [9.17, 15) is 4.79 Å². The summed E-state index contributed by atoms with van der Waals surface area (Å²) < 4.78 is 1.53. The SMILES string of the molecule is N/C(=C\C=C(/N)n1ccnc1)C(=O)O. The molecule has 1 aromatic heterocycles. The number of hydrogen-bond acceptors (Lipinski definition) is 4. The van der Waals surface area contributed by atoms with Gasteiger partial charge in [0.15, 0.2) is 0 Å². The van der Waals surface area contributed by atoms with Crippen LogP contribution < -0.4 is 11.5 Å². The van der Waals surface area contributed by atoms with Crippen molar-refractivity contribution in [1.82, 2.24) is 9.55 Å². The largest absolute Gasteiger partial charge is 0.477 e. The van der Waals surface area contributed by atoms with Crippen molar-refractivity contribution in [3.63, 3.8) is 0 Å². The van der Waals surface area contributed by atoms with Crippen molar-refractivity contribution in [2.24, 2.45) is 11.5 Å². The fourth-order valence-electron chi connectivity index (χ4n) is 0.744. The van der Waals surface area contributed by atoms with Crippen LogP contribution >= 0.6 is 0 Å². The molecule has 0 spiro atoms. The number of rotatable bonds is 3. The van der Waals surface area contributed by atoms with Gasteiger partial charge in [0.2, 0.25) is 0 Å². The molecule has 5 N–H and O–H groups in total. The van der Waals surface area contributed by atoms with E-state index in [1.165, 1.54) is 23.0 Å². The van der Waals surface area contributed by atoms with Gasteiger partial charge in [0.1, 0.15) is 17.8 Å². The minimum atomic E-state index is -1.18. The molecule has 0 aromatic carbocycles. The summed E-state index contributed by atoms with van der Waals surface area (Å²) in [5.41, 5.74) is 10.5. The van der Waals surface area contributed by atoms with Gasteiger partial charge in [-0.2, -0.15) is 0 Å². The molecule has 0 unspecified atom stereocenters. The lowest BCUT2D eigenvalue weighted by atomic mass is 10.4. The third-order valence-corrected chi connectivity index (χ3v) is 1.48. The van der Waals surface area contributed by atoms with Crippen LogP contribution in [-0.4, -0.2) is 20.6 Å². The fourth-order valence-corrected chi connectivity index (χ4v) is 0.744. The van der Waals surface area contributed by atoms with Crippen LogP contribution in [0.2, 0.25) is 0 Å². The topological polar surface area (TPSA) is 107 Å². The lowest BCUT2D eigenvalue weighted by molar-refractivity contribution is -0.132. The summed E-state index contributed by atoms with van der Waals surface area (Å²) in [6.45, 7) is 0. The van der Waals surface area contributed by atoms with Gasteiger partial charge in [0.05, 0.1) is 0 Å². The molecular formula is C8H10N4O2. The molecule has 1 rings (SSSR count). The summed E-state index contributed by atoms with van der Waals surface area (Å²) in [6, 6.07) is 0. The van der Waals surface area contributed by atoms with Gasteiger partial charge in [0.25, 0.3) is 0 Å². The smallest absolute Gasteiger partial charge is 0.351 e. The highest BCUT2D eigenvalue weighted by Crippen LogP contribution is 1.96. The second-order valence-electron chi connectivity index (χ2n) is 2.49. The predicted octanol–water partition coefficient (Wildman–Crippen LogP) is -0.433. The first kappa shape index (κ1) is 9.85. The fraction of sp³-hybridized carbons (Fsp3) is 0. The van der Waals surface area contributed by atoms with Gasteiger partial charge >= 0.3 is 5.97 Å². The summed E-state index contributed by atoms with van der Waals surface area (Å²) in [5, 5.41) is 8.44. The van der Waals surface area contributed by atoms with Crippen LogP contribution in [0.3, 0.4) is 0 Å². The van der Waals surface area contributed by atoms with Crippen LogP contribution in [0.5, 0.6) is 0 Å². The highest BCUT2D eigenvalue weighted by atomic mass is 16.4. The van der Waals surface area contributed by atoms with E-state index >= 15 is 0 Å². The average molecular weight is 194 g/mol. The summed E-state index contributed by atoms with van der Waals surface area (Å²) in [5.74, 6) is -0.841. The Kier molecular flexibility index (Phi) is 2.90. The zero-order valence-corrected chi connectivity index (χ0v) is 7.29. The first-order chi connectivity index (χ1) is 6.61. The maximum Gasteiger partial charge on any atom is 0.351 e. The van der Waals surface area contributed by atoms with E-state index < -0.39 is 5.97 Å². The van der Waals surface area contributed by atoms with Gasteiger partial charge in [0, 0.05) is 12.4 Å². The molecule has 6 heteroatoms. The lowest BCUT2D eigenvalue weighted by Crippen LogP contribution is -2.10. The molecule has 74 valence electrons. The quantitative estimate of drug-likeness (QED) is 0.447. The highest BCUT2D eigenvalue weighted by Gasteiger charge is 1.98. The van der Waals surface area contributed by atoms with Crippen LogP contribution in [0.15, 0.2) is 36.6 Å². The second-order valence-corrected chi connectivity index (χ2v) is 2.49. The van der Waals surface area contributed by atoms with Crippen LogP contribution in [0, 0.1) is 0 Å². The number of aliphatic carboxylic acids is 1.